The third kappa shape index (κ3) is 3.08. The summed E-state index contributed by atoms with van der Waals surface area (Å²) in [6.07, 6.45) is 4.31. The molecule has 3 heteroatoms. The van der Waals surface area contributed by atoms with Crippen LogP contribution in [0, 0.1) is 12.8 Å². The Morgan fingerprint density at radius 2 is 2.21 bits per heavy atom. The summed E-state index contributed by atoms with van der Waals surface area (Å²) in [5.74, 6) is 0.667. The van der Waals surface area contributed by atoms with Gasteiger partial charge in [-0.3, -0.25) is 4.98 Å². The zero-order chi connectivity index (χ0) is 13.8. The minimum Gasteiger partial charge on any atom is -0.367 e. The standard InChI is InChI=1S/C16H27N3/c1-5-9-18-15-8-11-19(14(4)12(15)2)16-7-6-10-17-13(16)3/h6-7,10,12,14-15,18H,5,8-9,11H2,1-4H3. The Kier molecular flexibility index (Phi) is 4.81. The van der Waals surface area contributed by atoms with E-state index in [0.717, 1.165) is 18.8 Å². The van der Waals surface area contributed by atoms with Crippen LogP contribution in [0.1, 0.15) is 39.3 Å². The molecule has 2 heterocycles. The van der Waals surface area contributed by atoms with Crippen LogP contribution < -0.4 is 10.2 Å². The van der Waals surface area contributed by atoms with Crippen molar-refractivity contribution in [3.63, 3.8) is 0 Å². The summed E-state index contributed by atoms with van der Waals surface area (Å²) in [6, 6.07) is 5.46. The number of rotatable bonds is 4. The molecule has 0 saturated carbocycles. The summed E-state index contributed by atoms with van der Waals surface area (Å²) in [6.45, 7) is 11.3. The number of pyridine rings is 1. The SMILES string of the molecule is CCCNC1CCN(c2cccnc2C)C(C)C1C. The molecular weight excluding hydrogens is 234 g/mol. The largest absolute Gasteiger partial charge is 0.367 e. The second-order valence-corrected chi connectivity index (χ2v) is 5.75. The highest BCUT2D eigenvalue weighted by atomic mass is 15.2. The van der Waals surface area contributed by atoms with Crippen molar-refractivity contribution in [1.82, 2.24) is 10.3 Å². The molecule has 0 radical (unpaired) electrons. The van der Waals surface area contributed by atoms with Crippen molar-refractivity contribution in [2.45, 2.75) is 52.6 Å². The van der Waals surface area contributed by atoms with Gasteiger partial charge in [0.05, 0.1) is 11.4 Å². The second kappa shape index (κ2) is 6.38. The Hall–Kier alpha value is -1.09. The molecular formula is C16H27N3. The lowest BCUT2D eigenvalue weighted by Gasteiger charge is -2.44. The molecule has 0 spiro atoms. The number of hydrogen-bond donors (Lipinski definition) is 1. The number of aromatic nitrogens is 1. The Morgan fingerprint density at radius 1 is 1.42 bits per heavy atom. The Balaban J connectivity index is 2.09. The van der Waals surface area contributed by atoms with Gasteiger partial charge in [0, 0.05) is 24.8 Å². The van der Waals surface area contributed by atoms with Crippen LogP contribution in [0.2, 0.25) is 0 Å². The molecule has 1 aromatic heterocycles. The van der Waals surface area contributed by atoms with Gasteiger partial charge in [-0.1, -0.05) is 13.8 Å². The molecule has 1 aliphatic heterocycles. The van der Waals surface area contributed by atoms with Gasteiger partial charge in [0.1, 0.15) is 0 Å². The van der Waals surface area contributed by atoms with E-state index in [4.69, 9.17) is 0 Å². The highest BCUT2D eigenvalue weighted by Crippen LogP contribution is 2.29. The molecule has 0 bridgehead atoms. The molecule has 1 aromatic rings. The number of anilines is 1. The van der Waals surface area contributed by atoms with Gasteiger partial charge in [-0.25, -0.2) is 0 Å². The Bertz CT molecular complexity index is 405. The first-order chi connectivity index (χ1) is 9.15. The van der Waals surface area contributed by atoms with E-state index in [2.05, 4.69) is 49.0 Å². The van der Waals surface area contributed by atoms with Gasteiger partial charge in [0.25, 0.3) is 0 Å². The second-order valence-electron chi connectivity index (χ2n) is 5.75. The lowest BCUT2D eigenvalue weighted by atomic mass is 9.86. The van der Waals surface area contributed by atoms with E-state index in [1.807, 2.05) is 12.3 Å². The molecule has 1 N–H and O–H groups in total. The van der Waals surface area contributed by atoms with Gasteiger partial charge in [0.15, 0.2) is 0 Å². The smallest absolute Gasteiger partial charge is 0.0605 e. The number of nitrogens with one attached hydrogen (secondary N) is 1. The first kappa shape index (κ1) is 14.3. The number of hydrogen-bond acceptors (Lipinski definition) is 3. The van der Waals surface area contributed by atoms with E-state index in [1.54, 1.807) is 0 Å². The Morgan fingerprint density at radius 3 is 2.89 bits per heavy atom. The van der Waals surface area contributed by atoms with Crippen molar-refractivity contribution in [3.05, 3.63) is 24.0 Å². The topological polar surface area (TPSA) is 28.2 Å². The molecule has 3 unspecified atom stereocenters. The molecule has 1 fully saturated rings. The minimum absolute atomic E-state index is 0.561. The van der Waals surface area contributed by atoms with E-state index in [0.29, 0.717) is 18.0 Å². The zero-order valence-electron chi connectivity index (χ0n) is 12.7. The van der Waals surface area contributed by atoms with Crippen LogP contribution in [-0.2, 0) is 0 Å². The van der Waals surface area contributed by atoms with Crippen molar-refractivity contribution in [2.75, 3.05) is 18.0 Å². The predicted molar refractivity (Wildman–Crippen MR) is 81.6 cm³/mol. The number of aryl methyl sites for hydroxylation is 1. The van der Waals surface area contributed by atoms with Crippen molar-refractivity contribution in [2.24, 2.45) is 5.92 Å². The fraction of sp³-hybridized carbons (Fsp3) is 0.688. The maximum atomic E-state index is 4.43. The monoisotopic (exact) mass is 261 g/mol. The number of piperidine rings is 1. The van der Waals surface area contributed by atoms with Crippen LogP contribution in [0.25, 0.3) is 0 Å². The van der Waals surface area contributed by atoms with Gasteiger partial charge in [-0.15, -0.1) is 0 Å². The molecule has 0 amide bonds. The maximum Gasteiger partial charge on any atom is 0.0605 e. The first-order valence-electron chi connectivity index (χ1n) is 7.56. The molecule has 3 nitrogen and oxygen atoms in total. The summed E-state index contributed by atoms with van der Waals surface area (Å²) in [7, 11) is 0. The van der Waals surface area contributed by atoms with Crippen LogP contribution in [0.15, 0.2) is 18.3 Å². The van der Waals surface area contributed by atoms with Crippen LogP contribution in [-0.4, -0.2) is 30.2 Å². The molecule has 2 rings (SSSR count). The molecule has 0 aliphatic carbocycles. The summed E-state index contributed by atoms with van der Waals surface area (Å²) >= 11 is 0. The van der Waals surface area contributed by atoms with Crippen LogP contribution >= 0.6 is 0 Å². The molecule has 3 atom stereocenters. The zero-order valence-corrected chi connectivity index (χ0v) is 12.7. The fourth-order valence-corrected chi connectivity index (χ4v) is 3.10. The van der Waals surface area contributed by atoms with E-state index in [1.165, 1.54) is 18.5 Å². The van der Waals surface area contributed by atoms with Crippen molar-refractivity contribution in [3.8, 4) is 0 Å². The molecule has 19 heavy (non-hydrogen) atoms. The van der Waals surface area contributed by atoms with E-state index < -0.39 is 0 Å². The number of nitrogens with zero attached hydrogens (tertiary/aromatic N) is 2. The first-order valence-corrected chi connectivity index (χ1v) is 7.56. The summed E-state index contributed by atoms with van der Waals surface area (Å²) in [5, 5.41) is 3.70. The van der Waals surface area contributed by atoms with Gasteiger partial charge in [-0.2, -0.15) is 0 Å². The average molecular weight is 261 g/mol. The summed E-state index contributed by atoms with van der Waals surface area (Å²) in [5.41, 5.74) is 2.44. The van der Waals surface area contributed by atoms with Crippen LogP contribution in [0.3, 0.4) is 0 Å². The van der Waals surface area contributed by atoms with Crippen LogP contribution in [0.4, 0.5) is 5.69 Å². The van der Waals surface area contributed by atoms with Crippen LogP contribution in [0.5, 0.6) is 0 Å². The molecule has 0 aromatic carbocycles. The highest BCUT2D eigenvalue weighted by molar-refractivity contribution is 5.51. The predicted octanol–water partition coefficient (Wildman–Crippen LogP) is 2.99. The quantitative estimate of drug-likeness (QED) is 0.903. The van der Waals surface area contributed by atoms with Gasteiger partial charge in [0.2, 0.25) is 0 Å². The van der Waals surface area contributed by atoms with Gasteiger partial charge < -0.3 is 10.2 Å². The fourth-order valence-electron chi connectivity index (χ4n) is 3.10. The van der Waals surface area contributed by atoms with Crippen molar-refractivity contribution < 1.29 is 0 Å². The normalized spacial score (nSPS) is 27.6. The van der Waals surface area contributed by atoms with Gasteiger partial charge >= 0.3 is 0 Å². The van der Waals surface area contributed by atoms with Crippen molar-refractivity contribution in [1.29, 1.82) is 0 Å². The van der Waals surface area contributed by atoms with Crippen molar-refractivity contribution >= 4 is 5.69 Å². The minimum atomic E-state index is 0.561. The molecule has 106 valence electrons. The molecule has 1 aliphatic rings. The lowest BCUT2D eigenvalue weighted by Crippen LogP contribution is -2.53. The highest BCUT2D eigenvalue weighted by Gasteiger charge is 2.32. The third-order valence-electron chi connectivity index (χ3n) is 4.51. The van der Waals surface area contributed by atoms with E-state index >= 15 is 0 Å². The van der Waals surface area contributed by atoms with Gasteiger partial charge in [-0.05, 0) is 51.3 Å². The third-order valence-corrected chi connectivity index (χ3v) is 4.51. The average Bonchev–Trinajstić information content (AvgIpc) is 2.42. The van der Waals surface area contributed by atoms with E-state index in [9.17, 15) is 0 Å². The van der Waals surface area contributed by atoms with E-state index in [-0.39, 0.29) is 0 Å². The maximum absolute atomic E-state index is 4.43. The Labute approximate surface area is 117 Å². The molecule has 1 saturated heterocycles. The summed E-state index contributed by atoms with van der Waals surface area (Å²) in [4.78, 5) is 6.95. The summed E-state index contributed by atoms with van der Waals surface area (Å²) < 4.78 is 0. The lowest BCUT2D eigenvalue weighted by molar-refractivity contribution is 0.271.